The fraction of sp³-hybridized carbons (Fsp3) is 0.538. The highest BCUT2D eigenvalue weighted by Crippen LogP contribution is 2.35. The lowest BCUT2D eigenvalue weighted by atomic mass is 9.94. The lowest BCUT2D eigenvalue weighted by Gasteiger charge is -2.29. The molecule has 1 aliphatic heterocycles. The van der Waals surface area contributed by atoms with Gasteiger partial charge in [-0.1, -0.05) is 0 Å². The molecule has 0 radical (unpaired) electrons. The number of H-pyrrole nitrogens is 1. The van der Waals surface area contributed by atoms with Gasteiger partial charge in [-0.15, -0.1) is 0 Å². The number of pyridine rings is 1. The Balaban J connectivity index is 2.33. The zero-order valence-electron chi connectivity index (χ0n) is 10.9. The SMILES string of the molecule is Cc1ccnc2c1[nH]c(=S)n2C1(C)CCOC1C. The molecular formula is C13H17N3OS. The van der Waals surface area contributed by atoms with Crippen LogP contribution in [0.25, 0.3) is 11.2 Å². The van der Waals surface area contributed by atoms with E-state index in [0.717, 1.165) is 29.0 Å². The molecule has 1 N–H and O–H groups in total. The van der Waals surface area contributed by atoms with Crippen molar-refractivity contribution in [2.45, 2.75) is 38.8 Å². The number of fused-ring (bicyclic) bond motifs is 1. The fourth-order valence-electron chi connectivity index (χ4n) is 2.72. The van der Waals surface area contributed by atoms with E-state index in [2.05, 4.69) is 35.3 Å². The lowest BCUT2D eigenvalue weighted by Crippen LogP contribution is -2.37. The first-order valence-electron chi connectivity index (χ1n) is 6.22. The van der Waals surface area contributed by atoms with Crippen LogP contribution in [0.15, 0.2) is 12.3 Å². The van der Waals surface area contributed by atoms with Crippen LogP contribution in [0.4, 0.5) is 0 Å². The van der Waals surface area contributed by atoms with E-state index in [1.165, 1.54) is 5.56 Å². The highest BCUT2D eigenvalue weighted by Gasteiger charge is 2.40. The lowest BCUT2D eigenvalue weighted by molar-refractivity contribution is 0.0768. The van der Waals surface area contributed by atoms with Crippen molar-refractivity contribution < 1.29 is 4.74 Å². The Morgan fingerprint density at radius 2 is 2.39 bits per heavy atom. The van der Waals surface area contributed by atoms with E-state index in [1.54, 1.807) is 0 Å². The Hall–Kier alpha value is -1.20. The van der Waals surface area contributed by atoms with Crippen molar-refractivity contribution in [3.63, 3.8) is 0 Å². The van der Waals surface area contributed by atoms with Crippen molar-refractivity contribution >= 4 is 23.4 Å². The minimum atomic E-state index is -0.115. The van der Waals surface area contributed by atoms with Crippen LogP contribution in [0.1, 0.15) is 25.8 Å². The topological polar surface area (TPSA) is 42.8 Å². The van der Waals surface area contributed by atoms with Gasteiger partial charge in [0.1, 0.15) is 0 Å². The Morgan fingerprint density at radius 3 is 3.06 bits per heavy atom. The van der Waals surface area contributed by atoms with Crippen molar-refractivity contribution in [2.75, 3.05) is 6.61 Å². The summed E-state index contributed by atoms with van der Waals surface area (Å²) in [6.45, 7) is 7.13. The van der Waals surface area contributed by atoms with E-state index in [1.807, 2.05) is 12.3 Å². The number of nitrogens with zero attached hydrogens (tertiary/aromatic N) is 2. The molecule has 0 bridgehead atoms. The second-order valence-corrected chi connectivity index (χ2v) is 5.60. The number of hydrogen-bond donors (Lipinski definition) is 1. The second-order valence-electron chi connectivity index (χ2n) is 5.21. The standard InChI is InChI=1S/C13H17N3OS/c1-8-4-6-14-11-10(8)15-12(18)16(11)13(3)5-7-17-9(13)2/h4,6,9H,5,7H2,1-3H3,(H,15,18). The monoisotopic (exact) mass is 263 g/mol. The highest BCUT2D eigenvalue weighted by atomic mass is 32.1. The highest BCUT2D eigenvalue weighted by molar-refractivity contribution is 7.71. The van der Waals surface area contributed by atoms with Gasteiger partial charge in [0, 0.05) is 12.8 Å². The number of rotatable bonds is 1. The van der Waals surface area contributed by atoms with Gasteiger partial charge in [-0.25, -0.2) is 4.98 Å². The summed E-state index contributed by atoms with van der Waals surface area (Å²) in [6.07, 6.45) is 2.94. The quantitative estimate of drug-likeness (QED) is 0.804. The molecule has 4 nitrogen and oxygen atoms in total. The molecule has 2 unspecified atom stereocenters. The summed E-state index contributed by atoms with van der Waals surface area (Å²) >= 11 is 5.49. The summed E-state index contributed by atoms with van der Waals surface area (Å²) in [4.78, 5) is 7.77. The van der Waals surface area contributed by atoms with Gasteiger partial charge in [-0.2, -0.15) is 0 Å². The Labute approximate surface area is 111 Å². The molecule has 2 aromatic heterocycles. The Bertz CT molecular complexity index is 660. The number of aromatic nitrogens is 3. The summed E-state index contributed by atoms with van der Waals surface area (Å²) in [5, 5.41) is 0. The first kappa shape index (κ1) is 11.9. The van der Waals surface area contributed by atoms with Crippen LogP contribution in [0.2, 0.25) is 0 Å². The molecule has 3 heterocycles. The third-order valence-electron chi connectivity index (χ3n) is 4.15. The third kappa shape index (κ3) is 1.47. The minimum absolute atomic E-state index is 0.115. The number of hydrogen-bond acceptors (Lipinski definition) is 3. The van der Waals surface area contributed by atoms with Crippen LogP contribution in [-0.4, -0.2) is 27.2 Å². The minimum Gasteiger partial charge on any atom is -0.376 e. The normalized spacial score (nSPS) is 28.1. The van der Waals surface area contributed by atoms with Crippen molar-refractivity contribution in [2.24, 2.45) is 0 Å². The molecule has 0 aromatic carbocycles. The number of ether oxygens (including phenoxy) is 1. The van der Waals surface area contributed by atoms with Gasteiger partial charge in [-0.05, 0) is 51.0 Å². The van der Waals surface area contributed by atoms with E-state index < -0.39 is 0 Å². The van der Waals surface area contributed by atoms with Crippen LogP contribution < -0.4 is 0 Å². The molecule has 5 heteroatoms. The molecule has 1 aliphatic rings. The van der Waals surface area contributed by atoms with Crippen molar-refractivity contribution in [1.29, 1.82) is 0 Å². The van der Waals surface area contributed by atoms with Gasteiger partial charge in [0.25, 0.3) is 0 Å². The third-order valence-corrected chi connectivity index (χ3v) is 4.43. The van der Waals surface area contributed by atoms with Gasteiger partial charge >= 0.3 is 0 Å². The van der Waals surface area contributed by atoms with Gasteiger partial charge in [0.15, 0.2) is 10.4 Å². The summed E-state index contributed by atoms with van der Waals surface area (Å²) < 4.78 is 8.57. The number of aromatic amines is 1. The average Bonchev–Trinajstić information content (AvgIpc) is 2.82. The maximum absolute atomic E-state index is 5.72. The predicted octanol–water partition coefficient (Wildman–Crippen LogP) is 2.93. The first-order chi connectivity index (χ1) is 8.54. The van der Waals surface area contributed by atoms with Gasteiger partial charge < -0.3 is 9.72 Å². The van der Waals surface area contributed by atoms with Crippen LogP contribution in [0.5, 0.6) is 0 Å². The smallest absolute Gasteiger partial charge is 0.179 e. The molecule has 0 aliphatic carbocycles. The Kier molecular flexibility index (Phi) is 2.57. The van der Waals surface area contributed by atoms with Crippen molar-refractivity contribution in [1.82, 2.24) is 14.5 Å². The molecule has 1 fully saturated rings. The molecule has 0 spiro atoms. The van der Waals surface area contributed by atoms with Crippen LogP contribution in [0.3, 0.4) is 0 Å². The van der Waals surface area contributed by atoms with Crippen LogP contribution in [0, 0.1) is 11.7 Å². The molecule has 2 aromatic rings. The molecule has 0 amide bonds. The van der Waals surface area contributed by atoms with E-state index in [4.69, 9.17) is 17.0 Å². The second kappa shape index (κ2) is 3.90. The van der Waals surface area contributed by atoms with Crippen LogP contribution >= 0.6 is 12.2 Å². The summed E-state index contributed by atoms with van der Waals surface area (Å²) in [5.41, 5.74) is 3.01. The van der Waals surface area contributed by atoms with Gasteiger partial charge in [0.05, 0.1) is 17.2 Å². The predicted molar refractivity (Wildman–Crippen MR) is 73.3 cm³/mol. The zero-order chi connectivity index (χ0) is 12.9. The van der Waals surface area contributed by atoms with E-state index in [9.17, 15) is 0 Å². The molecule has 0 saturated carbocycles. The number of aryl methyl sites for hydroxylation is 1. The summed E-state index contributed by atoms with van der Waals surface area (Å²) in [6, 6.07) is 1.99. The molecule has 2 atom stereocenters. The zero-order valence-corrected chi connectivity index (χ0v) is 11.7. The van der Waals surface area contributed by atoms with Gasteiger partial charge in [0.2, 0.25) is 0 Å². The maximum Gasteiger partial charge on any atom is 0.179 e. The van der Waals surface area contributed by atoms with E-state index in [0.29, 0.717) is 0 Å². The van der Waals surface area contributed by atoms with Crippen molar-refractivity contribution in [3.05, 3.63) is 22.6 Å². The fourth-order valence-corrected chi connectivity index (χ4v) is 3.12. The van der Waals surface area contributed by atoms with E-state index in [-0.39, 0.29) is 11.6 Å². The molecule has 1 saturated heterocycles. The molecule has 18 heavy (non-hydrogen) atoms. The maximum atomic E-state index is 5.72. The number of imidazole rings is 1. The Morgan fingerprint density at radius 1 is 1.61 bits per heavy atom. The molecule has 96 valence electrons. The van der Waals surface area contributed by atoms with Gasteiger partial charge in [-0.3, -0.25) is 4.57 Å². The van der Waals surface area contributed by atoms with Crippen molar-refractivity contribution in [3.8, 4) is 0 Å². The summed E-state index contributed by atoms with van der Waals surface area (Å²) in [5.74, 6) is 0. The molecular weight excluding hydrogens is 246 g/mol. The average molecular weight is 263 g/mol. The number of nitrogens with one attached hydrogen (secondary N) is 1. The largest absolute Gasteiger partial charge is 0.376 e. The van der Waals surface area contributed by atoms with E-state index >= 15 is 0 Å². The molecule has 3 rings (SSSR count). The summed E-state index contributed by atoms with van der Waals surface area (Å²) in [7, 11) is 0. The van der Waals surface area contributed by atoms with Crippen LogP contribution in [-0.2, 0) is 10.3 Å². The first-order valence-corrected chi connectivity index (χ1v) is 6.63.